The molecule has 4 rings (SSSR count). The zero-order valence-corrected chi connectivity index (χ0v) is 14.0. The van der Waals surface area contributed by atoms with Crippen LogP contribution >= 0.6 is 0 Å². The molecule has 0 bridgehead atoms. The van der Waals surface area contributed by atoms with Crippen molar-refractivity contribution in [3.8, 4) is 12.1 Å². The number of rotatable bonds is 0. The van der Waals surface area contributed by atoms with Crippen LogP contribution in [0.15, 0.2) is 8.83 Å². The molecule has 0 aliphatic rings. The Morgan fingerprint density at radius 3 is 1.77 bits per heavy atom. The lowest BCUT2D eigenvalue weighted by atomic mass is 10.1. The largest absolute Gasteiger partial charge is 0.445 e. The molecule has 2 aromatic carbocycles. The molecule has 2 aromatic heterocycles. The van der Waals surface area contributed by atoms with Crippen LogP contribution < -0.4 is 11.1 Å². The van der Waals surface area contributed by atoms with Crippen LogP contribution in [-0.4, -0.2) is 9.97 Å². The Morgan fingerprint density at radius 2 is 1.23 bits per heavy atom. The molecular formula is C18F4N6O2. The first-order chi connectivity index (χ1) is 14.4. The number of hydrogen-bond acceptors (Lipinski definition) is 6. The summed E-state index contributed by atoms with van der Waals surface area (Å²) in [5, 5.41) is 16.1. The predicted octanol–water partition coefficient (Wildman–Crippen LogP) is 2.78. The van der Waals surface area contributed by atoms with Gasteiger partial charge >= 0.3 is 11.4 Å². The molecule has 0 amide bonds. The van der Waals surface area contributed by atoms with Gasteiger partial charge in [-0.15, -0.1) is 0 Å². The molecule has 0 saturated heterocycles. The summed E-state index contributed by atoms with van der Waals surface area (Å²) in [6.07, 6.45) is 0. The zero-order valence-electron chi connectivity index (χ0n) is 14.0. The van der Waals surface area contributed by atoms with E-state index in [1.807, 2.05) is 0 Å². The third kappa shape index (κ3) is 2.22. The summed E-state index contributed by atoms with van der Waals surface area (Å²) in [7, 11) is 0. The van der Waals surface area contributed by atoms with E-state index in [-0.39, 0.29) is 0 Å². The van der Waals surface area contributed by atoms with Gasteiger partial charge in [0, 0.05) is 0 Å². The molecule has 0 saturated carbocycles. The van der Waals surface area contributed by atoms with E-state index in [0.717, 1.165) is 0 Å². The first-order valence-electron chi connectivity index (χ1n) is 7.56. The van der Waals surface area contributed by atoms with Crippen LogP contribution in [0.5, 0.6) is 0 Å². The van der Waals surface area contributed by atoms with Crippen LogP contribution in [0.25, 0.3) is 54.1 Å². The molecule has 12 heteroatoms. The van der Waals surface area contributed by atoms with E-state index in [4.69, 9.17) is 32.5 Å². The fourth-order valence-corrected chi connectivity index (χ4v) is 2.80. The van der Waals surface area contributed by atoms with Gasteiger partial charge in [-0.1, -0.05) is 0 Å². The number of fused-ring (bicyclic) bond motifs is 5. The molecule has 0 aliphatic carbocycles. The van der Waals surface area contributed by atoms with Crippen molar-refractivity contribution < 1.29 is 26.4 Å². The number of halogens is 4. The molecule has 0 aliphatic heterocycles. The van der Waals surface area contributed by atoms with E-state index in [2.05, 4.69) is 19.7 Å². The number of nitrogens with zero attached hydrogens (tertiary/aromatic N) is 6. The normalized spacial score (nSPS) is 12.9. The maximum absolute atomic E-state index is 14.6. The average Bonchev–Trinajstić information content (AvgIpc) is 3.36. The Hall–Kier alpha value is -4.94. The van der Waals surface area contributed by atoms with E-state index in [9.17, 15) is 17.6 Å². The van der Waals surface area contributed by atoms with Gasteiger partial charge < -0.3 is 8.83 Å². The number of aromatic nitrogens is 2. The minimum atomic E-state index is -1.84. The van der Waals surface area contributed by atoms with Gasteiger partial charge in [-0.25, -0.2) is 43.4 Å². The van der Waals surface area contributed by atoms with Crippen molar-refractivity contribution >= 4 is 44.4 Å². The summed E-state index contributed by atoms with van der Waals surface area (Å²) in [5.74, 6) is -7.11. The lowest BCUT2D eigenvalue weighted by Gasteiger charge is -2.05. The van der Waals surface area contributed by atoms with Crippen molar-refractivity contribution in [3.05, 3.63) is 57.2 Å². The van der Waals surface area contributed by atoms with Gasteiger partial charge in [0.15, 0.2) is 28.6 Å². The van der Waals surface area contributed by atoms with Crippen molar-refractivity contribution in [2.75, 3.05) is 0 Å². The van der Waals surface area contributed by atoms with Crippen LogP contribution in [0.1, 0.15) is 0 Å². The first-order valence-corrected chi connectivity index (χ1v) is 7.56. The van der Waals surface area contributed by atoms with Crippen molar-refractivity contribution in [3.63, 3.8) is 0 Å². The molecule has 0 N–H and O–H groups in total. The van der Waals surface area contributed by atoms with E-state index in [1.54, 1.807) is 0 Å². The van der Waals surface area contributed by atoms with Crippen molar-refractivity contribution in [1.29, 1.82) is 10.5 Å². The second kappa shape index (κ2) is 6.30. The monoisotopic (exact) mass is 408 g/mol. The zero-order chi connectivity index (χ0) is 21.7. The second-order valence-corrected chi connectivity index (χ2v) is 5.54. The van der Waals surface area contributed by atoms with Crippen LogP contribution in [-0.2, 0) is 0 Å². The van der Waals surface area contributed by atoms with E-state index in [0.29, 0.717) is 0 Å². The maximum Gasteiger partial charge on any atom is 0.322 e. The highest BCUT2D eigenvalue weighted by molar-refractivity contribution is 6.16. The first kappa shape index (κ1) is 18.4. The summed E-state index contributed by atoms with van der Waals surface area (Å²) >= 11 is 0. The fourth-order valence-electron chi connectivity index (χ4n) is 2.80. The Morgan fingerprint density at radius 1 is 0.733 bits per heavy atom. The van der Waals surface area contributed by atoms with Crippen LogP contribution in [0.3, 0.4) is 0 Å². The number of oxazole rings is 2. The maximum atomic E-state index is 14.6. The molecule has 0 radical (unpaired) electrons. The van der Waals surface area contributed by atoms with Gasteiger partial charge in [0.05, 0.1) is 36.1 Å². The number of benzene rings is 2. The standard InChI is InChI=1S/C18F4N6O2/c1-25-5(3-23)17-27-13-8-7(10(20)12(22)16(13)30-17)9(19)11(21)14-15(8)29-18(28-14)6(4-24)26-2/b17-5+,18-6+. The molecule has 8 nitrogen and oxygen atoms in total. The lowest BCUT2D eigenvalue weighted by Crippen LogP contribution is -2.02. The summed E-state index contributed by atoms with van der Waals surface area (Å²) < 4.78 is 68.3. The Balaban J connectivity index is 2.43. The van der Waals surface area contributed by atoms with Crippen LogP contribution in [0.2, 0.25) is 0 Å². The third-order valence-corrected chi connectivity index (χ3v) is 4.04. The molecule has 0 unspecified atom stereocenters. The van der Waals surface area contributed by atoms with E-state index >= 15 is 0 Å². The molecule has 30 heavy (non-hydrogen) atoms. The molecule has 4 aromatic rings. The smallest absolute Gasteiger partial charge is 0.322 e. The number of nitriles is 2. The Labute approximate surface area is 161 Å². The van der Waals surface area contributed by atoms with Gasteiger partial charge in [0.1, 0.15) is 11.0 Å². The van der Waals surface area contributed by atoms with Crippen LogP contribution in [0, 0.1) is 59.1 Å². The second-order valence-electron chi connectivity index (χ2n) is 5.54. The van der Waals surface area contributed by atoms with Gasteiger partial charge in [-0.2, -0.15) is 4.39 Å². The highest BCUT2D eigenvalue weighted by Gasteiger charge is 2.29. The highest BCUT2D eigenvalue weighted by Crippen LogP contribution is 2.37. The molecule has 142 valence electrons. The lowest BCUT2D eigenvalue weighted by molar-refractivity contribution is 0.478. The summed E-state index contributed by atoms with van der Waals surface area (Å²) in [5.41, 5.74) is -5.68. The molecular weight excluding hydrogens is 408 g/mol. The molecule has 0 atom stereocenters. The van der Waals surface area contributed by atoms with E-state index < -0.39 is 78.7 Å². The Kier molecular flexibility index (Phi) is 3.87. The van der Waals surface area contributed by atoms with Crippen molar-refractivity contribution in [2.24, 2.45) is 0 Å². The number of hydrogen-bond donors (Lipinski definition) is 0. The van der Waals surface area contributed by atoms with Gasteiger partial charge in [-0.05, 0) is 0 Å². The minimum absolute atomic E-state index is 0.580. The summed E-state index contributed by atoms with van der Waals surface area (Å²) in [4.78, 5) is 13.0. The third-order valence-electron chi connectivity index (χ3n) is 4.04. The molecule has 0 spiro atoms. The van der Waals surface area contributed by atoms with Crippen LogP contribution in [0.4, 0.5) is 17.6 Å². The van der Waals surface area contributed by atoms with E-state index in [1.165, 1.54) is 12.1 Å². The van der Waals surface area contributed by atoms with Crippen molar-refractivity contribution in [1.82, 2.24) is 9.97 Å². The topological polar surface area (TPSA) is 108 Å². The van der Waals surface area contributed by atoms with Gasteiger partial charge in [-0.3, -0.25) is 0 Å². The average molecular weight is 408 g/mol. The summed E-state index contributed by atoms with van der Waals surface area (Å²) in [6, 6.07) is 2.90. The van der Waals surface area contributed by atoms with Crippen molar-refractivity contribution in [2.45, 2.75) is 0 Å². The SMILES string of the molecule is [C-]#[N+]/C(C#N)=c1\nc2c(o1)c(F)c(F)c1c(F)c(F)c3n/c(=C(/C#N)[N+]#[C-])oc3c12. The Bertz CT molecular complexity index is 1580. The van der Waals surface area contributed by atoms with Gasteiger partial charge in [0.2, 0.25) is 16.9 Å². The minimum Gasteiger partial charge on any atom is -0.445 e. The molecule has 0 fully saturated rings. The highest BCUT2D eigenvalue weighted by atomic mass is 19.2. The van der Waals surface area contributed by atoms with Gasteiger partial charge in [0.25, 0.3) is 0 Å². The molecule has 2 heterocycles. The fraction of sp³-hybridized carbons (Fsp3) is 0. The quantitative estimate of drug-likeness (QED) is 0.327. The predicted molar refractivity (Wildman–Crippen MR) is 89.4 cm³/mol. The summed E-state index contributed by atoms with van der Waals surface area (Å²) in [6.45, 7) is 13.8.